The van der Waals surface area contributed by atoms with Crippen molar-refractivity contribution < 1.29 is 22.6 Å². The van der Waals surface area contributed by atoms with Gasteiger partial charge in [0, 0.05) is 35.4 Å². The number of ether oxygens (including phenoxy) is 2. The molecule has 2 aromatic heterocycles. The topological polar surface area (TPSA) is 84.2 Å². The van der Waals surface area contributed by atoms with Crippen molar-refractivity contribution in [2.75, 3.05) is 13.7 Å². The van der Waals surface area contributed by atoms with Crippen LogP contribution in [0.3, 0.4) is 0 Å². The van der Waals surface area contributed by atoms with Gasteiger partial charge < -0.3 is 19.4 Å². The number of hydrogen-bond acceptors (Lipinski definition) is 4. The van der Waals surface area contributed by atoms with Crippen LogP contribution in [0, 0.1) is 0 Å². The van der Waals surface area contributed by atoms with Crippen molar-refractivity contribution in [1.82, 2.24) is 9.97 Å². The standard InChI is InChI=1S/C29H31F3N2O4/c1-37-21-11-12-22-18(15-27(35)34-24(22)17-21)8-10-20(30)5-2-3-14-38-25-7-4-6-23-29(25)19(9-13-26(31)32)16-28(36)33-23/h4,6-7,11-12,15-17,20,26H,2-3,5,8-10,13-14H2,1H3,(H,33,36)(H,34,35). The molecule has 0 aliphatic heterocycles. The maximum absolute atomic E-state index is 14.7. The first-order chi connectivity index (χ1) is 18.3. The van der Waals surface area contributed by atoms with Crippen molar-refractivity contribution in [1.29, 1.82) is 0 Å². The molecule has 0 bridgehead atoms. The molecule has 0 saturated carbocycles. The number of nitrogens with one attached hydrogen (secondary N) is 2. The van der Waals surface area contributed by atoms with Gasteiger partial charge in [-0.05, 0) is 73.9 Å². The minimum absolute atomic E-state index is 0.0676. The Labute approximate surface area is 217 Å². The second-order valence-corrected chi connectivity index (χ2v) is 9.32. The number of unbranched alkanes of at least 4 members (excludes halogenated alkanes) is 1. The normalized spacial score (nSPS) is 12.3. The fourth-order valence-corrected chi connectivity index (χ4v) is 4.70. The average molecular weight is 529 g/mol. The van der Waals surface area contributed by atoms with Crippen LogP contribution in [0.4, 0.5) is 13.2 Å². The lowest BCUT2D eigenvalue weighted by molar-refractivity contribution is 0.138. The minimum atomic E-state index is -2.46. The molecule has 0 aliphatic rings. The van der Waals surface area contributed by atoms with E-state index in [2.05, 4.69) is 9.97 Å². The van der Waals surface area contributed by atoms with Crippen LogP contribution in [0.1, 0.15) is 43.2 Å². The first kappa shape index (κ1) is 27.3. The lowest BCUT2D eigenvalue weighted by Gasteiger charge is -2.13. The Kier molecular flexibility index (Phi) is 9.10. The number of methoxy groups -OCH3 is 1. The smallest absolute Gasteiger partial charge is 0.248 e. The molecular formula is C29H31F3N2O4. The molecule has 202 valence electrons. The van der Waals surface area contributed by atoms with E-state index < -0.39 is 12.6 Å². The molecule has 0 amide bonds. The molecule has 4 rings (SSSR count). The number of halogens is 3. The SMILES string of the molecule is COc1ccc2c(CCC(F)CCCCOc3cccc4[nH]c(=O)cc(CCC(F)F)c34)cc(=O)[nH]c2c1. The van der Waals surface area contributed by atoms with E-state index in [-0.39, 0.29) is 24.0 Å². The third-order valence-corrected chi connectivity index (χ3v) is 6.57. The molecule has 6 nitrogen and oxygen atoms in total. The summed E-state index contributed by atoms with van der Waals surface area (Å²) in [7, 11) is 1.56. The highest BCUT2D eigenvalue weighted by Crippen LogP contribution is 2.29. The Morgan fingerprint density at radius 3 is 2.32 bits per heavy atom. The van der Waals surface area contributed by atoms with E-state index in [9.17, 15) is 22.8 Å². The fourth-order valence-electron chi connectivity index (χ4n) is 4.70. The third-order valence-electron chi connectivity index (χ3n) is 6.57. The largest absolute Gasteiger partial charge is 0.497 e. The van der Waals surface area contributed by atoms with Gasteiger partial charge in [0.2, 0.25) is 17.5 Å². The Balaban J connectivity index is 1.30. The van der Waals surface area contributed by atoms with Gasteiger partial charge in [-0.3, -0.25) is 9.59 Å². The molecule has 4 aromatic rings. The van der Waals surface area contributed by atoms with Gasteiger partial charge in [0.15, 0.2) is 0 Å². The van der Waals surface area contributed by atoms with Crippen LogP contribution in [0.15, 0.2) is 58.1 Å². The second-order valence-electron chi connectivity index (χ2n) is 9.32. The number of fused-ring (bicyclic) bond motifs is 2. The van der Waals surface area contributed by atoms with Crippen molar-refractivity contribution in [3.05, 3.63) is 80.4 Å². The molecule has 0 saturated heterocycles. The summed E-state index contributed by atoms with van der Waals surface area (Å²) in [6.45, 7) is 0.333. The number of rotatable bonds is 13. The maximum Gasteiger partial charge on any atom is 0.248 e. The highest BCUT2D eigenvalue weighted by Gasteiger charge is 2.13. The number of hydrogen-bond donors (Lipinski definition) is 2. The van der Waals surface area contributed by atoms with Crippen LogP contribution < -0.4 is 20.6 Å². The molecule has 38 heavy (non-hydrogen) atoms. The summed E-state index contributed by atoms with van der Waals surface area (Å²) in [5.41, 5.74) is 1.94. The lowest BCUT2D eigenvalue weighted by atomic mass is 10.0. The Morgan fingerprint density at radius 2 is 1.55 bits per heavy atom. The van der Waals surface area contributed by atoms with Gasteiger partial charge in [-0.15, -0.1) is 0 Å². The van der Waals surface area contributed by atoms with Crippen LogP contribution in [0.5, 0.6) is 11.5 Å². The van der Waals surface area contributed by atoms with Crippen LogP contribution in [-0.4, -0.2) is 36.3 Å². The van der Waals surface area contributed by atoms with Gasteiger partial charge >= 0.3 is 0 Å². The molecule has 0 radical (unpaired) electrons. The van der Waals surface area contributed by atoms with Crippen molar-refractivity contribution >= 4 is 21.8 Å². The molecule has 0 fully saturated rings. The van der Waals surface area contributed by atoms with Gasteiger partial charge in [0.25, 0.3) is 0 Å². The number of aromatic nitrogens is 2. The Hall–Kier alpha value is -3.75. The predicted molar refractivity (Wildman–Crippen MR) is 143 cm³/mol. The minimum Gasteiger partial charge on any atom is -0.497 e. The zero-order valence-electron chi connectivity index (χ0n) is 21.2. The number of benzene rings is 2. The quantitative estimate of drug-likeness (QED) is 0.206. The molecule has 0 spiro atoms. The van der Waals surface area contributed by atoms with Crippen molar-refractivity contribution in [3.8, 4) is 11.5 Å². The van der Waals surface area contributed by atoms with Gasteiger partial charge in [0.05, 0.1) is 24.8 Å². The first-order valence-electron chi connectivity index (χ1n) is 12.7. The van der Waals surface area contributed by atoms with Crippen molar-refractivity contribution in [3.63, 3.8) is 0 Å². The van der Waals surface area contributed by atoms with Crippen LogP contribution in [-0.2, 0) is 12.8 Å². The van der Waals surface area contributed by atoms with Crippen molar-refractivity contribution in [2.24, 2.45) is 0 Å². The van der Waals surface area contributed by atoms with Gasteiger partial charge in [0.1, 0.15) is 17.7 Å². The molecule has 2 aromatic carbocycles. The van der Waals surface area contributed by atoms with Gasteiger partial charge in [-0.2, -0.15) is 0 Å². The number of aromatic amines is 2. The summed E-state index contributed by atoms with van der Waals surface area (Å²) in [5, 5.41) is 1.49. The van der Waals surface area contributed by atoms with Crippen molar-refractivity contribution in [2.45, 2.75) is 57.5 Å². The van der Waals surface area contributed by atoms with E-state index in [0.29, 0.717) is 72.2 Å². The summed E-state index contributed by atoms with van der Waals surface area (Å²) in [5.74, 6) is 1.15. The van der Waals surface area contributed by atoms with E-state index in [4.69, 9.17) is 9.47 Å². The van der Waals surface area contributed by atoms with Crippen LogP contribution >= 0.6 is 0 Å². The van der Waals surface area contributed by atoms with Gasteiger partial charge in [-0.1, -0.05) is 6.07 Å². The zero-order chi connectivity index (χ0) is 27.1. The maximum atomic E-state index is 14.7. The molecule has 9 heteroatoms. The average Bonchev–Trinajstić information content (AvgIpc) is 2.89. The fraction of sp³-hybridized carbons (Fsp3) is 0.379. The highest BCUT2D eigenvalue weighted by molar-refractivity contribution is 5.88. The first-order valence-corrected chi connectivity index (χ1v) is 12.7. The third kappa shape index (κ3) is 6.96. The summed E-state index contributed by atoms with van der Waals surface area (Å²) < 4.78 is 51.3. The second kappa shape index (κ2) is 12.7. The van der Waals surface area contributed by atoms with E-state index in [0.717, 1.165) is 10.9 Å². The summed E-state index contributed by atoms with van der Waals surface area (Å²) in [6.07, 6.45) is -1.43. The number of aryl methyl sites for hydroxylation is 2. The molecule has 0 aliphatic carbocycles. The molecular weight excluding hydrogens is 497 g/mol. The molecule has 1 atom stereocenters. The molecule has 1 unspecified atom stereocenters. The van der Waals surface area contributed by atoms with E-state index >= 15 is 0 Å². The number of pyridine rings is 2. The molecule has 2 N–H and O–H groups in total. The monoisotopic (exact) mass is 528 g/mol. The highest BCUT2D eigenvalue weighted by atomic mass is 19.3. The predicted octanol–water partition coefficient (Wildman–Crippen LogP) is 6.10. The summed E-state index contributed by atoms with van der Waals surface area (Å²) in [6, 6.07) is 13.5. The van der Waals surface area contributed by atoms with Gasteiger partial charge in [-0.25, -0.2) is 13.2 Å². The van der Waals surface area contributed by atoms with E-state index in [1.807, 2.05) is 12.1 Å². The summed E-state index contributed by atoms with van der Waals surface area (Å²) in [4.78, 5) is 29.5. The lowest BCUT2D eigenvalue weighted by Crippen LogP contribution is -2.10. The van der Waals surface area contributed by atoms with E-state index in [1.165, 1.54) is 12.1 Å². The number of H-pyrrole nitrogens is 2. The van der Waals surface area contributed by atoms with Crippen LogP contribution in [0.2, 0.25) is 0 Å². The van der Waals surface area contributed by atoms with E-state index in [1.54, 1.807) is 31.4 Å². The molecule has 2 heterocycles. The zero-order valence-corrected chi connectivity index (χ0v) is 21.2. The Bertz CT molecular complexity index is 1500. The van der Waals surface area contributed by atoms with Crippen LogP contribution in [0.25, 0.3) is 21.8 Å². The Morgan fingerprint density at radius 1 is 0.816 bits per heavy atom. The number of alkyl halides is 3. The summed E-state index contributed by atoms with van der Waals surface area (Å²) >= 11 is 0.